The van der Waals surface area contributed by atoms with Crippen molar-refractivity contribution in [3.8, 4) is 11.5 Å². The van der Waals surface area contributed by atoms with Crippen LogP contribution in [0.15, 0.2) is 76.7 Å². The molecular weight excluding hydrogens is 528 g/mol. The van der Waals surface area contributed by atoms with Gasteiger partial charge in [0.1, 0.15) is 6.54 Å². The number of nitrogens with zero attached hydrogens (tertiary/aromatic N) is 3. The minimum atomic E-state index is -4.14. The topological polar surface area (TPSA) is 101 Å². The summed E-state index contributed by atoms with van der Waals surface area (Å²) in [5.41, 5.74) is 6.89. The standard InChI is InChI=1S/C30H36N4O5S/c1-22-16-23(2)18-26(17-22)34(40(36,37)27-10-11-28(38-3)29(19-27)39-4)21-30(35)32-31-25-12-14-33(15-13-25)20-24-8-6-5-7-9-24/h5-11,16-19H,12-15,20-21H2,1-4H3,(H,32,35). The molecule has 10 heteroatoms. The Hall–Kier alpha value is -3.89. The van der Waals surface area contributed by atoms with Gasteiger partial charge in [-0.25, -0.2) is 13.8 Å². The average molecular weight is 565 g/mol. The van der Waals surface area contributed by atoms with Crippen LogP contribution in [0.3, 0.4) is 0 Å². The molecular formula is C30H36N4O5S. The summed E-state index contributed by atoms with van der Waals surface area (Å²) in [7, 11) is -1.22. The van der Waals surface area contributed by atoms with Gasteiger partial charge in [0.2, 0.25) is 0 Å². The van der Waals surface area contributed by atoms with E-state index in [9.17, 15) is 13.2 Å². The highest BCUT2D eigenvalue weighted by atomic mass is 32.2. The maximum Gasteiger partial charge on any atom is 0.264 e. The molecule has 0 spiro atoms. The summed E-state index contributed by atoms with van der Waals surface area (Å²) in [5.74, 6) is 0.156. The van der Waals surface area contributed by atoms with Crippen molar-refractivity contribution in [2.45, 2.75) is 38.1 Å². The number of benzene rings is 3. The van der Waals surface area contributed by atoms with Gasteiger partial charge in [-0.3, -0.25) is 14.0 Å². The third-order valence-electron chi connectivity index (χ3n) is 6.75. The number of hydrogen-bond acceptors (Lipinski definition) is 7. The van der Waals surface area contributed by atoms with Crippen molar-refractivity contribution in [1.29, 1.82) is 0 Å². The highest BCUT2D eigenvalue weighted by Crippen LogP contribution is 2.32. The average Bonchev–Trinajstić information content (AvgIpc) is 2.95. The molecule has 40 heavy (non-hydrogen) atoms. The summed E-state index contributed by atoms with van der Waals surface area (Å²) in [4.78, 5) is 15.4. The van der Waals surface area contributed by atoms with E-state index in [2.05, 4.69) is 27.6 Å². The fourth-order valence-electron chi connectivity index (χ4n) is 4.74. The van der Waals surface area contributed by atoms with Crippen molar-refractivity contribution in [3.05, 3.63) is 83.4 Å². The van der Waals surface area contributed by atoms with Crippen molar-refractivity contribution < 1.29 is 22.7 Å². The SMILES string of the molecule is COc1ccc(S(=O)(=O)N(CC(=O)NN=C2CCN(Cc3ccccc3)CC2)c2cc(C)cc(C)c2)cc1OC. The van der Waals surface area contributed by atoms with E-state index in [-0.39, 0.29) is 10.6 Å². The molecule has 212 valence electrons. The number of hydrazone groups is 1. The second-order valence-corrected chi connectivity index (χ2v) is 11.7. The Balaban J connectivity index is 1.50. The number of amides is 1. The zero-order chi connectivity index (χ0) is 28.7. The van der Waals surface area contributed by atoms with Crippen molar-refractivity contribution in [3.63, 3.8) is 0 Å². The first-order valence-electron chi connectivity index (χ1n) is 13.1. The Labute approximate surface area is 236 Å². The molecule has 1 amide bonds. The molecule has 3 aromatic carbocycles. The molecule has 9 nitrogen and oxygen atoms in total. The summed E-state index contributed by atoms with van der Waals surface area (Å²) in [6.45, 7) is 5.88. The molecule has 0 aromatic heterocycles. The summed E-state index contributed by atoms with van der Waals surface area (Å²) in [6.07, 6.45) is 1.47. The fraction of sp³-hybridized carbons (Fsp3) is 0.333. The highest BCUT2D eigenvalue weighted by molar-refractivity contribution is 7.92. The number of piperidine rings is 1. The molecule has 1 heterocycles. The minimum absolute atomic E-state index is 0.0192. The lowest BCUT2D eigenvalue weighted by molar-refractivity contribution is -0.119. The molecule has 1 saturated heterocycles. The molecule has 1 aliphatic heterocycles. The fourth-order valence-corrected chi connectivity index (χ4v) is 6.16. The van der Waals surface area contributed by atoms with Crippen LogP contribution in [-0.4, -0.2) is 58.8 Å². The predicted octanol–water partition coefficient (Wildman–Crippen LogP) is 4.28. The number of anilines is 1. The van der Waals surface area contributed by atoms with Crippen LogP contribution in [0.5, 0.6) is 11.5 Å². The second-order valence-electron chi connectivity index (χ2n) is 9.85. The Morgan fingerprint density at radius 2 is 1.57 bits per heavy atom. The van der Waals surface area contributed by atoms with Gasteiger partial charge in [-0.2, -0.15) is 5.10 Å². The second kappa shape index (κ2) is 13.0. The third kappa shape index (κ3) is 7.19. The number of aryl methyl sites for hydroxylation is 2. The lowest BCUT2D eigenvalue weighted by Crippen LogP contribution is -2.40. The van der Waals surface area contributed by atoms with Crippen molar-refractivity contribution in [2.75, 3.05) is 38.2 Å². The summed E-state index contributed by atoms with van der Waals surface area (Å²) in [5, 5.41) is 4.34. The van der Waals surface area contributed by atoms with E-state index >= 15 is 0 Å². The number of carbonyl (C=O) groups excluding carboxylic acids is 1. The lowest BCUT2D eigenvalue weighted by atomic mass is 10.1. The van der Waals surface area contributed by atoms with Crippen LogP contribution in [0, 0.1) is 13.8 Å². The molecule has 4 rings (SSSR count). The first kappa shape index (κ1) is 29.1. The van der Waals surface area contributed by atoms with Crippen LogP contribution in [0.1, 0.15) is 29.5 Å². The van der Waals surface area contributed by atoms with Crippen LogP contribution in [0.25, 0.3) is 0 Å². The Bertz CT molecular complexity index is 1440. The van der Waals surface area contributed by atoms with Gasteiger partial charge in [0, 0.05) is 44.3 Å². The first-order chi connectivity index (χ1) is 19.2. The van der Waals surface area contributed by atoms with E-state index in [0.29, 0.717) is 11.4 Å². The van der Waals surface area contributed by atoms with Crippen LogP contribution >= 0.6 is 0 Å². The summed E-state index contributed by atoms with van der Waals surface area (Å²) >= 11 is 0. The molecule has 0 bridgehead atoms. The van der Waals surface area contributed by atoms with E-state index in [0.717, 1.165) is 53.6 Å². The normalized spacial score (nSPS) is 13.9. The number of ether oxygens (including phenoxy) is 2. The van der Waals surface area contributed by atoms with Gasteiger partial charge in [0.15, 0.2) is 11.5 Å². The van der Waals surface area contributed by atoms with Crippen LogP contribution in [0.2, 0.25) is 0 Å². The summed E-state index contributed by atoms with van der Waals surface area (Å²) in [6, 6.07) is 20.1. The quantitative estimate of drug-likeness (QED) is 0.369. The largest absolute Gasteiger partial charge is 0.493 e. The maximum atomic E-state index is 13.9. The number of nitrogens with one attached hydrogen (secondary N) is 1. The molecule has 0 saturated carbocycles. The molecule has 1 fully saturated rings. The monoisotopic (exact) mass is 564 g/mol. The first-order valence-corrected chi connectivity index (χ1v) is 14.6. The van der Waals surface area contributed by atoms with Crippen molar-refractivity contribution in [1.82, 2.24) is 10.3 Å². The highest BCUT2D eigenvalue weighted by Gasteiger charge is 2.29. The maximum absolute atomic E-state index is 13.9. The van der Waals surface area contributed by atoms with E-state index in [4.69, 9.17) is 9.47 Å². The van der Waals surface area contributed by atoms with E-state index in [1.54, 1.807) is 12.1 Å². The Kier molecular flexibility index (Phi) is 9.44. The zero-order valence-electron chi connectivity index (χ0n) is 23.4. The van der Waals surface area contributed by atoms with Gasteiger partial charge in [-0.15, -0.1) is 0 Å². The van der Waals surface area contributed by atoms with Gasteiger partial charge < -0.3 is 9.47 Å². The van der Waals surface area contributed by atoms with E-state index in [1.165, 1.54) is 38.0 Å². The smallest absolute Gasteiger partial charge is 0.264 e. The molecule has 0 unspecified atom stereocenters. The van der Waals surface area contributed by atoms with Crippen LogP contribution < -0.4 is 19.2 Å². The number of hydrogen-bond donors (Lipinski definition) is 1. The number of carbonyl (C=O) groups is 1. The van der Waals surface area contributed by atoms with Gasteiger partial charge in [-0.1, -0.05) is 36.4 Å². The third-order valence-corrected chi connectivity index (χ3v) is 8.52. The number of rotatable bonds is 10. The molecule has 1 aliphatic rings. The van der Waals surface area contributed by atoms with E-state index in [1.807, 2.05) is 38.1 Å². The Morgan fingerprint density at radius 3 is 2.20 bits per heavy atom. The molecule has 0 radical (unpaired) electrons. The predicted molar refractivity (Wildman–Crippen MR) is 157 cm³/mol. The number of sulfonamides is 1. The number of likely N-dealkylation sites (tertiary alicyclic amines) is 1. The lowest BCUT2D eigenvalue weighted by Gasteiger charge is -2.27. The number of methoxy groups -OCH3 is 2. The van der Waals surface area contributed by atoms with Crippen LogP contribution in [0.4, 0.5) is 5.69 Å². The minimum Gasteiger partial charge on any atom is -0.493 e. The van der Waals surface area contributed by atoms with Gasteiger partial charge in [0.05, 0.1) is 24.8 Å². The molecule has 0 atom stereocenters. The summed E-state index contributed by atoms with van der Waals surface area (Å²) < 4.78 is 39.4. The van der Waals surface area contributed by atoms with Crippen LogP contribution in [-0.2, 0) is 21.4 Å². The Morgan fingerprint density at radius 1 is 0.925 bits per heavy atom. The zero-order valence-corrected chi connectivity index (χ0v) is 24.2. The van der Waals surface area contributed by atoms with Gasteiger partial charge in [-0.05, 0) is 54.8 Å². The molecule has 1 N–H and O–H groups in total. The van der Waals surface area contributed by atoms with Crippen molar-refractivity contribution >= 4 is 27.3 Å². The molecule has 0 aliphatic carbocycles. The van der Waals surface area contributed by atoms with Crippen molar-refractivity contribution in [2.24, 2.45) is 5.10 Å². The van der Waals surface area contributed by atoms with Gasteiger partial charge >= 0.3 is 0 Å². The van der Waals surface area contributed by atoms with E-state index < -0.39 is 22.5 Å². The molecule has 3 aromatic rings. The van der Waals surface area contributed by atoms with Gasteiger partial charge in [0.25, 0.3) is 15.9 Å².